The van der Waals surface area contributed by atoms with Crippen molar-refractivity contribution in [1.82, 2.24) is 4.90 Å². The van der Waals surface area contributed by atoms with Crippen molar-refractivity contribution in [1.29, 1.82) is 0 Å². The van der Waals surface area contributed by atoms with Crippen molar-refractivity contribution in [3.8, 4) is 0 Å². The van der Waals surface area contributed by atoms with Crippen molar-refractivity contribution in [3.05, 3.63) is 75.8 Å². The van der Waals surface area contributed by atoms with Crippen LogP contribution >= 0.6 is 0 Å². The van der Waals surface area contributed by atoms with Gasteiger partial charge < -0.3 is 23.8 Å². The van der Waals surface area contributed by atoms with E-state index < -0.39 is 41.1 Å². The molecule has 4 rings (SSSR count). The normalized spacial score (nSPS) is 23.5. The van der Waals surface area contributed by atoms with Crippen LogP contribution in [0, 0.1) is 10.1 Å². The highest BCUT2D eigenvalue weighted by atomic mass is 16.8. The Balaban J connectivity index is 1.45. The lowest BCUT2D eigenvalue weighted by Gasteiger charge is -2.37. The van der Waals surface area contributed by atoms with Crippen LogP contribution in [0.3, 0.4) is 0 Å². The number of nitro groups is 1. The summed E-state index contributed by atoms with van der Waals surface area (Å²) < 4.78 is 23.0. The molecule has 0 radical (unpaired) electrons. The van der Waals surface area contributed by atoms with Crippen molar-refractivity contribution >= 4 is 17.7 Å². The number of nitro benzene ring substituents is 1. The summed E-state index contributed by atoms with van der Waals surface area (Å²) in [6.07, 6.45) is -2.44. The molecule has 1 amide bonds. The van der Waals surface area contributed by atoms with E-state index in [1.807, 2.05) is 30.3 Å². The van der Waals surface area contributed by atoms with E-state index in [1.54, 1.807) is 13.8 Å². The molecule has 0 N–H and O–H groups in total. The van der Waals surface area contributed by atoms with Crippen molar-refractivity contribution < 1.29 is 33.5 Å². The van der Waals surface area contributed by atoms with Gasteiger partial charge in [-0.15, -0.1) is 0 Å². The number of hydrogen-bond donors (Lipinski definition) is 0. The van der Waals surface area contributed by atoms with Gasteiger partial charge in [-0.3, -0.25) is 10.1 Å². The van der Waals surface area contributed by atoms with Gasteiger partial charge in [-0.25, -0.2) is 9.59 Å². The quantitative estimate of drug-likeness (QED) is 0.382. The van der Waals surface area contributed by atoms with E-state index in [-0.39, 0.29) is 30.9 Å². The van der Waals surface area contributed by atoms with Crippen LogP contribution in [-0.2, 0) is 25.6 Å². The lowest BCUT2D eigenvalue weighted by molar-refractivity contribution is -0.384. The van der Waals surface area contributed by atoms with E-state index in [9.17, 15) is 19.7 Å². The summed E-state index contributed by atoms with van der Waals surface area (Å²) in [5.41, 5.74) is 0.869. The van der Waals surface area contributed by atoms with Crippen LogP contribution in [0.15, 0.2) is 54.6 Å². The number of esters is 1. The maximum absolute atomic E-state index is 12.7. The highest BCUT2D eigenvalue weighted by molar-refractivity contribution is 5.89. The van der Waals surface area contributed by atoms with Crippen molar-refractivity contribution in [2.24, 2.45) is 0 Å². The zero-order chi connectivity index (χ0) is 23.6. The van der Waals surface area contributed by atoms with Crippen LogP contribution in [0.4, 0.5) is 10.5 Å². The number of fused-ring (bicyclic) bond motifs is 1. The fraction of sp³-hybridized carbons (Fsp3) is 0.391. The van der Waals surface area contributed by atoms with Crippen LogP contribution in [0.2, 0.25) is 0 Å². The first-order valence-electron chi connectivity index (χ1n) is 10.5. The molecule has 2 aliphatic rings. The van der Waals surface area contributed by atoms with Gasteiger partial charge in [0.15, 0.2) is 5.79 Å². The Bertz CT molecular complexity index is 1020. The van der Waals surface area contributed by atoms with Gasteiger partial charge in [0.2, 0.25) is 0 Å². The first-order chi connectivity index (χ1) is 15.7. The molecule has 0 unspecified atom stereocenters. The average molecular weight is 456 g/mol. The molecule has 2 aromatic rings. The number of ether oxygens (including phenoxy) is 4. The molecule has 0 saturated carbocycles. The van der Waals surface area contributed by atoms with E-state index in [2.05, 4.69) is 0 Å². The predicted molar refractivity (Wildman–Crippen MR) is 114 cm³/mol. The lowest BCUT2D eigenvalue weighted by Crippen LogP contribution is -2.57. The molecule has 10 nitrogen and oxygen atoms in total. The molecule has 10 heteroatoms. The number of hydrogen-bond acceptors (Lipinski definition) is 8. The van der Waals surface area contributed by atoms with Gasteiger partial charge in [-0.1, -0.05) is 30.3 Å². The molecule has 2 aliphatic heterocycles. The molecule has 0 aromatic heterocycles. The minimum absolute atomic E-state index is 0.0625. The first-order valence-corrected chi connectivity index (χ1v) is 10.5. The van der Waals surface area contributed by atoms with Crippen molar-refractivity contribution in [3.63, 3.8) is 0 Å². The first kappa shape index (κ1) is 22.7. The van der Waals surface area contributed by atoms with Crippen LogP contribution in [0.1, 0.15) is 29.8 Å². The number of benzene rings is 2. The fourth-order valence-corrected chi connectivity index (χ4v) is 3.92. The third-order valence-corrected chi connectivity index (χ3v) is 5.42. The molecule has 174 valence electrons. The molecule has 2 heterocycles. The van der Waals surface area contributed by atoms with E-state index in [1.165, 1.54) is 29.2 Å². The molecule has 0 bridgehead atoms. The smallest absolute Gasteiger partial charge is 0.410 e. The third-order valence-electron chi connectivity index (χ3n) is 5.42. The molecule has 0 spiro atoms. The summed E-state index contributed by atoms with van der Waals surface area (Å²) in [5, 5.41) is 10.8. The number of nitrogens with zero attached hydrogens (tertiary/aromatic N) is 2. The summed E-state index contributed by atoms with van der Waals surface area (Å²) in [5.74, 6) is -1.58. The van der Waals surface area contributed by atoms with Gasteiger partial charge in [0, 0.05) is 12.1 Å². The number of rotatable bonds is 5. The Morgan fingerprint density at radius 2 is 1.79 bits per heavy atom. The van der Waals surface area contributed by atoms with Crippen molar-refractivity contribution in [2.75, 3.05) is 13.1 Å². The summed E-state index contributed by atoms with van der Waals surface area (Å²) in [6, 6.07) is 14.4. The molecule has 33 heavy (non-hydrogen) atoms. The van der Waals surface area contributed by atoms with E-state index >= 15 is 0 Å². The minimum Gasteiger partial charge on any atom is -0.454 e. The Morgan fingerprint density at radius 1 is 1.09 bits per heavy atom. The van der Waals surface area contributed by atoms with Crippen LogP contribution in [0.25, 0.3) is 0 Å². The number of non-ortho nitro benzene ring substituents is 1. The Morgan fingerprint density at radius 3 is 2.45 bits per heavy atom. The second-order valence-electron chi connectivity index (χ2n) is 8.33. The highest BCUT2D eigenvalue weighted by Gasteiger charge is 2.51. The second-order valence-corrected chi connectivity index (χ2v) is 8.33. The lowest BCUT2D eigenvalue weighted by atomic mass is 10.0. The molecular weight excluding hydrogens is 432 g/mol. The zero-order valence-corrected chi connectivity index (χ0v) is 18.2. The van der Waals surface area contributed by atoms with Gasteiger partial charge in [-0.2, -0.15) is 0 Å². The SMILES string of the molecule is CC1(C)O[C@@H]2[C@@H](OC(=O)c3ccc([N+](=O)[O-])cc3)CN(C(=O)OCc3ccccc3)C[C@@H]2O1. The summed E-state index contributed by atoms with van der Waals surface area (Å²) in [4.78, 5) is 37.2. The summed E-state index contributed by atoms with van der Waals surface area (Å²) in [6.45, 7) is 3.90. The number of likely N-dealkylation sites (tertiary alicyclic amines) is 1. The summed E-state index contributed by atoms with van der Waals surface area (Å²) >= 11 is 0. The molecule has 3 atom stereocenters. The second kappa shape index (κ2) is 9.16. The number of piperidine rings is 1. The summed E-state index contributed by atoms with van der Waals surface area (Å²) in [7, 11) is 0. The number of carbonyl (C=O) groups excluding carboxylic acids is 2. The standard InChI is InChI=1S/C23H24N2O8/c1-23(2)32-19-13-24(22(27)30-14-15-6-4-3-5-7-15)12-18(20(19)33-23)31-21(26)16-8-10-17(11-9-16)25(28)29/h3-11,18-20H,12-14H2,1-2H3/t18-,19-,20+/m0/s1. The van der Waals surface area contributed by atoms with Gasteiger partial charge in [-0.05, 0) is 31.5 Å². The Hall–Kier alpha value is -3.50. The molecule has 2 fully saturated rings. The van der Waals surface area contributed by atoms with Gasteiger partial charge >= 0.3 is 12.1 Å². The zero-order valence-electron chi connectivity index (χ0n) is 18.2. The fourth-order valence-electron chi connectivity index (χ4n) is 3.92. The van der Waals surface area contributed by atoms with E-state index in [4.69, 9.17) is 18.9 Å². The molecule has 2 saturated heterocycles. The number of amides is 1. The largest absolute Gasteiger partial charge is 0.454 e. The third kappa shape index (κ3) is 5.29. The molecule has 2 aromatic carbocycles. The average Bonchev–Trinajstić information content (AvgIpc) is 3.12. The highest BCUT2D eigenvalue weighted by Crippen LogP contribution is 2.35. The van der Waals surface area contributed by atoms with Crippen LogP contribution in [-0.4, -0.2) is 59.1 Å². The molecular formula is C23H24N2O8. The van der Waals surface area contributed by atoms with Gasteiger partial charge in [0.25, 0.3) is 5.69 Å². The van der Waals surface area contributed by atoms with Crippen molar-refractivity contribution in [2.45, 2.75) is 44.6 Å². The van der Waals surface area contributed by atoms with E-state index in [0.717, 1.165) is 5.56 Å². The predicted octanol–water partition coefficient (Wildman–Crippen LogP) is 3.29. The maximum atomic E-state index is 12.7. The van der Waals surface area contributed by atoms with Crippen LogP contribution < -0.4 is 0 Å². The minimum atomic E-state index is -0.905. The van der Waals surface area contributed by atoms with Gasteiger partial charge in [0.05, 0.1) is 23.6 Å². The topological polar surface area (TPSA) is 117 Å². The monoisotopic (exact) mass is 456 g/mol. The molecule has 0 aliphatic carbocycles. The number of carbonyl (C=O) groups is 2. The van der Waals surface area contributed by atoms with E-state index in [0.29, 0.717) is 0 Å². The maximum Gasteiger partial charge on any atom is 0.410 e. The Labute approximate surface area is 190 Å². The Kier molecular flexibility index (Phi) is 6.30. The van der Waals surface area contributed by atoms with Gasteiger partial charge in [0.1, 0.15) is 24.9 Å². The van der Waals surface area contributed by atoms with Crippen LogP contribution in [0.5, 0.6) is 0 Å².